The molecule has 0 unspecified atom stereocenters. The molecule has 0 radical (unpaired) electrons. The Morgan fingerprint density at radius 2 is 1.97 bits per heavy atom. The molecule has 2 aliphatic rings. The summed E-state index contributed by atoms with van der Waals surface area (Å²) >= 11 is 0. The molecule has 166 valence electrons. The number of benzene rings is 1. The van der Waals surface area contributed by atoms with Crippen molar-refractivity contribution in [2.24, 2.45) is 4.40 Å². The third-order valence-corrected chi connectivity index (χ3v) is 7.12. The van der Waals surface area contributed by atoms with Crippen molar-refractivity contribution < 1.29 is 13.2 Å². The molecule has 1 N–H and O–H groups in total. The highest BCUT2D eigenvalue weighted by molar-refractivity contribution is 7.90. The van der Waals surface area contributed by atoms with Crippen LogP contribution in [0, 0.1) is 0 Å². The van der Waals surface area contributed by atoms with Gasteiger partial charge in [0.1, 0.15) is 10.7 Å². The number of aromatic nitrogens is 3. The molecule has 4 heterocycles. The van der Waals surface area contributed by atoms with Crippen LogP contribution in [0.4, 0.5) is 11.4 Å². The Bertz CT molecular complexity index is 1360. The number of anilines is 2. The molecule has 1 saturated heterocycles. The van der Waals surface area contributed by atoms with Gasteiger partial charge in [-0.2, -0.15) is 13.5 Å². The Morgan fingerprint density at radius 3 is 2.78 bits per heavy atom. The van der Waals surface area contributed by atoms with Crippen LogP contribution < -0.4 is 10.2 Å². The van der Waals surface area contributed by atoms with Gasteiger partial charge in [-0.05, 0) is 51.0 Å². The molecule has 9 nitrogen and oxygen atoms in total. The number of hydrogen-bond acceptors (Lipinski definition) is 6. The predicted molar refractivity (Wildman–Crippen MR) is 123 cm³/mol. The molecule has 0 spiro atoms. The lowest BCUT2D eigenvalue weighted by atomic mass is 10.1. The number of sulfonamides is 1. The topological polar surface area (TPSA) is 110 Å². The number of rotatable bonds is 3. The molecular formula is C22H24N6O3S. The molecular weight excluding hydrogens is 428 g/mol. The summed E-state index contributed by atoms with van der Waals surface area (Å²) in [4.78, 5) is 19.4. The Balaban J connectivity index is 1.44. The summed E-state index contributed by atoms with van der Waals surface area (Å²) in [6.45, 7) is 4.77. The number of hydrogen-bond donors (Lipinski definition) is 1. The minimum absolute atomic E-state index is 0.0718. The molecule has 3 aromatic rings. The van der Waals surface area contributed by atoms with Crippen molar-refractivity contribution in [3.8, 4) is 0 Å². The van der Waals surface area contributed by atoms with Crippen molar-refractivity contribution in [3.05, 3.63) is 42.2 Å². The quantitative estimate of drug-likeness (QED) is 0.648. The molecule has 0 bridgehead atoms. The minimum Gasteiger partial charge on any atom is -0.328 e. The van der Waals surface area contributed by atoms with Gasteiger partial charge >= 0.3 is 0 Å². The van der Waals surface area contributed by atoms with E-state index in [0.717, 1.165) is 36.8 Å². The predicted octanol–water partition coefficient (Wildman–Crippen LogP) is 3.75. The van der Waals surface area contributed by atoms with E-state index in [0.29, 0.717) is 23.6 Å². The largest absolute Gasteiger partial charge is 0.328 e. The molecule has 2 aromatic heterocycles. The van der Waals surface area contributed by atoms with Gasteiger partial charge in [-0.25, -0.2) is 9.67 Å². The first-order valence-electron chi connectivity index (χ1n) is 10.7. The maximum absolute atomic E-state index is 12.9. The molecule has 0 aliphatic carbocycles. The van der Waals surface area contributed by atoms with E-state index in [-0.39, 0.29) is 16.5 Å². The van der Waals surface area contributed by atoms with E-state index in [4.69, 9.17) is 0 Å². The molecule has 1 amide bonds. The number of fused-ring (bicyclic) bond motifs is 4. The number of amides is 1. The van der Waals surface area contributed by atoms with Crippen LogP contribution in [0.15, 0.2) is 46.0 Å². The summed E-state index contributed by atoms with van der Waals surface area (Å²) in [6.07, 6.45) is 6.87. The van der Waals surface area contributed by atoms with Crippen LogP contribution in [-0.4, -0.2) is 41.5 Å². The van der Waals surface area contributed by atoms with Gasteiger partial charge in [-0.3, -0.25) is 4.79 Å². The fourth-order valence-electron chi connectivity index (χ4n) is 4.21. The van der Waals surface area contributed by atoms with Crippen LogP contribution in [0.2, 0.25) is 0 Å². The van der Waals surface area contributed by atoms with Crippen molar-refractivity contribution >= 4 is 44.2 Å². The van der Waals surface area contributed by atoms with Gasteiger partial charge < -0.3 is 10.2 Å². The summed E-state index contributed by atoms with van der Waals surface area (Å²) in [5.74, 6) is 0.180. The third kappa shape index (κ3) is 3.54. The summed E-state index contributed by atoms with van der Waals surface area (Å²) in [7, 11) is -3.85. The lowest BCUT2D eigenvalue weighted by Crippen LogP contribution is -2.35. The fourth-order valence-corrected chi connectivity index (χ4v) is 5.49. The van der Waals surface area contributed by atoms with Gasteiger partial charge in [0.2, 0.25) is 0 Å². The second-order valence-electron chi connectivity index (χ2n) is 8.40. The van der Waals surface area contributed by atoms with Crippen LogP contribution in [0.3, 0.4) is 0 Å². The number of carbonyl (C=O) groups excluding carboxylic acids is 1. The molecule has 2 aliphatic heterocycles. The zero-order valence-electron chi connectivity index (χ0n) is 17.9. The van der Waals surface area contributed by atoms with Crippen molar-refractivity contribution in [2.45, 2.75) is 50.5 Å². The molecule has 32 heavy (non-hydrogen) atoms. The number of amidine groups is 1. The minimum atomic E-state index is -3.85. The second-order valence-corrected chi connectivity index (χ2v) is 9.97. The number of pyridine rings is 1. The first-order valence-corrected chi connectivity index (χ1v) is 12.2. The van der Waals surface area contributed by atoms with E-state index in [1.807, 2.05) is 23.4 Å². The Hall–Kier alpha value is -3.27. The van der Waals surface area contributed by atoms with E-state index in [2.05, 4.69) is 19.8 Å². The average Bonchev–Trinajstić information content (AvgIpc) is 3.04. The van der Waals surface area contributed by atoms with Crippen molar-refractivity contribution in [1.29, 1.82) is 0 Å². The van der Waals surface area contributed by atoms with Gasteiger partial charge in [-0.1, -0.05) is 6.42 Å². The molecule has 0 saturated carbocycles. The number of nitrogens with zero attached hydrogens (tertiary/aromatic N) is 5. The van der Waals surface area contributed by atoms with Gasteiger partial charge in [0.05, 0.1) is 23.8 Å². The van der Waals surface area contributed by atoms with E-state index in [9.17, 15) is 13.2 Å². The van der Waals surface area contributed by atoms with Gasteiger partial charge in [-0.15, -0.1) is 4.40 Å². The highest BCUT2D eigenvalue weighted by Gasteiger charge is 2.32. The number of carbonyl (C=O) groups is 1. The molecule has 1 aromatic carbocycles. The maximum atomic E-state index is 12.9. The Labute approximate surface area is 186 Å². The summed E-state index contributed by atoms with van der Waals surface area (Å²) in [6, 6.07) is 6.74. The van der Waals surface area contributed by atoms with E-state index >= 15 is 0 Å². The van der Waals surface area contributed by atoms with Gasteiger partial charge in [0, 0.05) is 30.0 Å². The first kappa shape index (κ1) is 20.6. The standard InChI is InChI=1S/C22H24N6O3S/c1-14(2)28-21-16(12-24-28)10-17(13-23-21)25-22(29)15-7-8-18-19(11-15)32(30,31)26-20-6-4-3-5-9-27(18)20/h7-8,10-14H,3-6,9H2,1-2H3,(H,25,29). The summed E-state index contributed by atoms with van der Waals surface area (Å²) in [5, 5.41) is 7.95. The lowest BCUT2D eigenvalue weighted by Gasteiger charge is -2.29. The highest BCUT2D eigenvalue weighted by Crippen LogP contribution is 2.35. The molecule has 0 atom stereocenters. The zero-order valence-corrected chi connectivity index (χ0v) is 18.8. The van der Waals surface area contributed by atoms with E-state index in [1.54, 1.807) is 30.6 Å². The van der Waals surface area contributed by atoms with Crippen molar-refractivity contribution in [1.82, 2.24) is 14.8 Å². The van der Waals surface area contributed by atoms with Gasteiger partial charge in [0.15, 0.2) is 5.65 Å². The third-order valence-electron chi connectivity index (χ3n) is 5.79. The van der Waals surface area contributed by atoms with Crippen LogP contribution in [-0.2, 0) is 10.0 Å². The summed E-state index contributed by atoms with van der Waals surface area (Å²) < 4.78 is 31.5. The fraction of sp³-hybridized carbons (Fsp3) is 0.364. The number of nitrogens with one attached hydrogen (secondary N) is 1. The lowest BCUT2D eigenvalue weighted by molar-refractivity contribution is 0.102. The molecule has 5 rings (SSSR count). The molecule has 1 fully saturated rings. The van der Waals surface area contributed by atoms with Crippen LogP contribution in [0.5, 0.6) is 0 Å². The van der Waals surface area contributed by atoms with Gasteiger partial charge in [0.25, 0.3) is 15.9 Å². The van der Waals surface area contributed by atoms with Crippen molar-refractivity contribution in [3.63, 3.8) is 0 Å². The molecule has 10 heteroatoms. The second kappa shape index (κ2) is 7.70. The Morgan fingerprint density at radius 1 is 1.12 bits per heavy atom. The summed E-state index contributed by atoms with van der Waals surface area (Å²) in [5.41, 5.74) is 2.10. The highest BCUT2D eigenvalue weighted by atomic mass is 32.2. The van der Waals surface area contributed by atoms with Crippen LogP contribution in [0.1, 0.15) is 55.9 Å². The van der Waals surface area contributed by atoms with Crippen molar-refractivity contribution in [2.75, 3.05) is 16.8 Å². The van der Waals surface area contributed by atoms with Crippen LogP contribution in [0.25, 0.3) is 11.0 Å². The average molecular weight is 453 g/mol. The van der Waals surface area contributed by atoms with E-state index in [1.165, 1.54) is 6.07 Å². The monoisotopic (exact) mass is 452 g/mol. The zero-order chi connectivity index (χ0) is 22.5. The first-order chi connectivity index (χ1) is 15.3. The smallest absolute Gasteiger partial charge is 0.286 e. The van der Waals surface area contributed by atoms with Crippen LogP contribution >= 0.6 is 0 Å². The van der Waals surface area contributed by atoms with E-state index < -0.39 is 15.9 Å². The maximum Gasteiger partial charge on any atom is 0.286 e. The normalized spacial score (nSPS) is 17.5. The SMILES string of the molecule is CC(C)n1ncc2cc(NC(=O)c3ccc4c(c3)S(=O)(=O)N=C3CCCCCN34)cnc21. The Kier molecular flexibility index (Phi) is 4.96.